The van der Waals surface area contributed by atoms with E-state index in [2.05, 4.69) is 62.5 Å². The summed E-state index contributed by atoms with van der Waals surface area (Å²) < 4.78 is 0. The molecule has 0 unspecified atom stereocenters. The van der Waals surface area contributed by atoms with Gasteiger partial charge in [-0.1, -0.05) is 48.0 Å². The molecule has 0 atom stereocenters. The van der Waals surface area contributed by atoms with Gasteiger partial charge in [0.05, 0.1) is 0 Å². The van der Waals surface area contributed by atoms with Crippen molar-refractivity contribution < 1.29 is 4.79 Å². The molecular formula is C20H25NOS. The lowest BCUT2D eigenvalue weighted by molar-refractivity contribution is -0.122. The van der Waals surface area contributed by atoms with Gasteiger partial charge in [-0.2, -0.15) is 0 Å². The zero-order valence-electron chi connectivity index (χ0n) is 14.1. The zero-order chi connectivity index (χ0) is 16.7. The van der Waals surface area contributed by atoms with Crippen molar-refractivity contribution in [1.82, 2.24) is 5.32 Å². The van der Waals surface area contributed by atoms with Crippen LogP contribution in [0.15, 0.2) is 59.5 Å². The first-order valence-electron chi connectivity index (χ1n) is 7.99. The van der Waals surface area contributed by atoms with E-state index in [9.17, 15) is 4.79 Å². The van der Waals surface area contributed by atoms with Crippen LogP contribution in [0.5, 0.6) is 0 Å². The lowest BCUT2D eigenvalue weighted by Gasteiger charge is -2.26. The second-order valence-electron chi connectivity index (χ2n) is 6.51. The number of nitrogens with one attached hydrogen (secondary N) is 1. The zero-order valence-corrected chi connectivity index (χ0v) is 15.0. The van der Waals surface area contributed by atoms with Crippen molar-refractivity contribution in [2.24, 2.45) is 0 Å². The number of carbonyl (C=O) groups excluding carboxylic acids is 1. The highest BCUT2D eigenvalue weighted by atomic mass is 32.2. The molecular weight excluding hydrogens is 302 g/mol. The minimum atomic E-state index is -0.229. The standard InChI is InChI=1S/C20H25NOS/c1-16-9-11-18(12-10-16)23-14-13-19(22)21-20(2,3)15-17-7-5-4-6-8-17/h4-12H,13-15H2,1-3H3,(H,21,22). The van der Waals surface area contributed by atoms with Crippen LogP contribution in [0.25, 0.3) is 0 Å². The molecule has 0 saturated carbocycles. The highest BCUT2D eigenvalue weighted by Crippen LogP contribution is 2.19. The third-order valence-electron chi connectivity index (χ3n) is 3.59. The first-order chi connectivity index (χ1) is 10.9. The van der Waals surface area contributed by atoms with Crippen molar-refractivity contribution in [2.45, 2.75) is 44.0 Å². The molecule has 2 nitrogen and oxygen atoms in total. The predicted molar refractivity (Wildman–Crippen MR) is 98.9 cm³/mol. The summed E-state index contributed by atoms with van der Waals surface area (Å²) >= 11 is 1.73. The molecule has 0 aromatic heterocycles. The Hall–Kier alpha value is -1.74. The van der Waals surface area contributed by atoms with Crippen molar-refractivity contribution in [3.8, 4) is 0 Å². The molecule has 1 amide bonds. The van der Waals surface area contributed by atoms with E-state index in [1.807, 2.05) is 18.2 Å². The second kappa shape index (κ2) is 8.21. The van der Waals surface area contributed by atoms with Crippen molar-refractivity contribution in [3.63, 3.8) is 0 Å². The van der Waals surface area contributed by atoms with E-state index in [1.54, 1.807) is 11.8 Å². The van der Waals surface area contributed by atoms with Crippen LogP contribution in [0.1, 0.15) is 31.4 Å². The first-order valence-corrected chi connectivity index (χ1v) is 8.98. The number of amides is 1. The van der Waals surface area contributed by atoms with Gasteiger partial charge in [0.2, 0.25) is 5.91 Å². The van der Waals surface area contributed by atoms with Gasteiger partial charge in [-0.15, -0.1) is 11.8 Å². The molecule has 0 aliphatic carbocycles. The summed E-state index contributed by atoms with van der Waals surface area (Å²) in [6.07, 6.45) is 1.38. The summed E-state index contributed by atoms with van der Waals surface area (Å²) in [6, 6.07) is 18.7. The number of hydrogen-bond donors (Lipinski definition) is 1. The van der Waals surface area contributed by atoms with Crippen LogP contribution in [0.3, 0.4) is 0 Å². The molecule has 0 aliphatic heterocycles. The third-order valence-corrected chi connectivity index (χ3v) is 4.60. The number of thioether (sulfide) groups is 1. The molecule has 23 heavy (non-hydrogen) atoms. The van der Waals surface area contributed by atoms with Crippen LogP contribution in [-0.4, -0.2) is 17.2 Å². The monoisotopic (exact) mass is 327 g/mol. The van der Waals surface area contributed by atoms with E-state index in [4.69, 9.17) is 0 Å². The maximum absolute atomic E-state index is 12.2. The number of rotatable bonds is 7. The van der Waals surface area contributed by atoms with Gasteiger partial charge in [0.25, 0.3) is 0 Å². The molecule has 0 bridgehead atoms. The van der Waals surface area contributed by atoms with Gasteiger partial charge in [0.1, 0.15) is 0 Å². The molecule has 0 aliphatic rings. The quantitative estimate of drug-likeness (QED) is 0.752. The normalized spacial score (nSPS) is 11.3. The Kier molecular flexibility index (Phi) is 6.28. The molecule has 3 heteroatoms. The average molecular weight is 327 g/mol. The maximum Gasteiger partial charge on any atom is 0.221 e. The Balaban J connectivity index is 1.76. The van der Waals surface area contributed by atoms with E-state index in [0.29, 0.717) is 6.42 Å². The minimum absolute atomic E-state index is 0.116. The summed E-state index contributed by atoms with van der Waals surface area (Å²) in [5.41, 5.74) is 2.27. The van der Waals surface area contributed by atoms with Crippen molar-refractivity contribution in [2.75, 3.05) is 5.75 Å². The Morgan fingerprint density at radius 2 is 1.70 bits per heavy atom. The van der Waals surface area contributed by atoms with Gasteiger partial charge >= 0.3 is 0 Å². The van der Waals surface area contributed by atoms with Crippen LogP contribution in [0.4, 0.5) is 0 Å². The van der Waals surface area contributed by atoms with Crippen LogP contribution < -0.4 is 5.32 Å². The summed E-state index contributed by atoms with van der Waals surface area (Å²) in [6.45, 7) is 6.23. The fraction of sp³-hybridized carbons (Fsp3) is 0.350. The second-order valence-corrected chi connectivity index (χ2v) is 7.67. The molecule has 1 N–H and O–H groups in total. The third kappa shape index (κ3) is 6.49. The Bertz CT molecular complexity index is 620. The number of benzene rings is 2. The molecule has 2 rings (SSSR count). The lowest BCUT2D eigenvalue weighted by atomic mass is 9.95. The Morgan fingerprint density at radius 1 is 1.04 bits per heavy atom. The van der Waals surface area contributed by atoms with Gasteiger partial charge in [-0.3, -0.25) is 4.79 Å². The SMILES string of the molecule is Cc1ccc(SCCC(=O)NC(C)(C)Cc2ccccc2)cc1. The summed E-state index contributed by atoms with van der Waals surface area (Å²) in [5, 5.41) is 3.15. The van der Waals surface area contributed by atoms with E-state index in [1.165, 1.54) is 16.0 Å². The van der Waals surface area contributed by atoms with E-state index < -0.39 is 0 Å². The van der Waals surface area contributed by atoms with Crippen LogP contribution in [0.2, 0.25) is 0 Å². The lowest BCUT2D eigenvalue weighted by Crippen LogP contribution is -2.45. The molecule has 0 radical (unpaired) electrons. The maximum atomic E-state index is 12.2. The van der Waals surface area contributed by atoms with Crippen molar-refractivity contribution >= 4 is 17.7 Å². The van der Waals surface area contributed by atoms with Crippen LogP contribution in [0, 0.1) is 6.92 Å². The van der Waals surface area contributed by atoms with Gasteiger partial charge < -0.3 is 5.32 Å². The highest BCUT2D eigenvalue weighted by molar-refractivity contribution is 7.99. The van der Waals surface area contributed by atoms with Gasteiger partial charge in [0.15, 0.2) is 0 Å². The number of hydrogen-bond acceptors (Lipinski definition) is 2. The van der Waals surface area contributed by atoms with Crippen LogP contribution >= 0.6 is 11.8 Å². The number of carbonyl (C=O) groups is 1. The van der Waals surface area contributed by atoms with Crippen LogP contribution in [-0.2, 0) is 11.2 Å². The van der Waals surface area contributed by atoms with Crippen molar-refractivity contribution in [3.05, 3.63) is 65.7 Å². The molecule has 2 aromatic rings. The van der Waals surface area contributed by atoms with Gasteiger partial charge in [0, 0.05) is 22.6 Å². The minimum Gasteiger partial charge on any atom is -0.351 e. The fourth-order valence-electron chi connectivity index (χ4n) is 2.49. The molecule has 2 aromatic carbocycles. The molecule has 0 spiro atoms. The van der Waals surface area contributed by atoms with E-state index in [0.717, 1.165) is 12.2 Å². The van der Waals surface area contributed by atoms with Gasteiger partial charge in [-0.25, -0.2) is 0 Å². The largest absolute Gasteiger partial charge is 0.351 e. The highest BCUT2D eigenvalue weighted by Gasteiger charge is 2.20. The Morgan fingerprint density at radius 3 is 2.35 bits per heavy atom. The molecule has 0 fully saturated rings. The van der Waals surface area contributed by atoms with Crippen molar-refractivity contribution in [1.29, 1.82) is 0 Å². The molecule has 0 saturated heterocycles. The topological polar surface area (TPSA) is 29.1 Å². The summed E-state index contributed by atoms with van der Waals surface area (Å²) in [7, 11) is 0. The predicted octanol–water partition coefficient (Wildman–Crippen LogP) is 4.61. The fourth-order valence-corrected chi connectivity index (χ4v) is 3.34. The Labute approximate surface area is 143 Å². The summed E-state index contributed by atoms with van der Waals surface area (Å²) in [4.78, 5) is 13.4. The van der Waals surface area contributed by atoms with Gasteiger partial charge in [-0.05, 0) is 44.9 Å². The van der Waals surface area contributed by atoms with E-state index >= 15 is 0 Å². The molecule has 122 valence electrons. The first kappa shape index (κ1) is 17.6. The number of aryl methyl sites for hydroxylation is 1. The van der Waals surface area contributed by atoms with E-state index in [-0.39, 0.29) is 11.4 Å². The molecule has 0 heterocycles. The average Bonchev–Trinajstić information content (AvgIpc) is 2.49. The summed E-state index contributed by atoms with van der Waals surface area (Å²) in [5.74, 6) is 0.918. The smallest absolute Gasteiger partial charge is 0.221 e.